The quantitative estimate of drug-likeness (QED) is 0.879. The van der Waals surface area contributed by atoms with E-state index in [0.29, 0.717) is 0 Å². The highest BCUT2D eigenvalue weighted by molar-refractivity contribution is 5.88. The van der Waals surface area contributed by atoms with Gasteiger partial charge in [0.1, 0.15) is 5.82 Å². The van der Waals surface area contributed by atoms with Gasteiger partial charge in [-0.1, -0.05) is 0 Å². The maximum absolute atomic E-state index is 10.9. The van der Waals surface area contributed by atoms with Crippen molar-refractivity contribution in [2.45, 2.75) is 20.4 Å². The third-order valence-electron chi connectivity index (χ3n) is 2.52. The van der Waals surface area contributed by atoms with E-state index < -0.39 is 0 Å². The molecular weight excluding hydrogens is 214 g/mol. The third-order valence-corrected chi connectivity index (χ3v) is 2.52. The lowest BCUT2D eigenvalue weighted by molar-refractivity contribution is -0.114. The monoisotopic (exact) mass is 229 g/mol. The molecule has 1 amide bonds. The second-order valence-electron chi connectivity index (χ2n) is 3.80. The Morgan fingerprint density at radius 3 is 2.65 bits per heavy atom. The van der Waals surface area contributed by atoms with Gasteiger partial charge in [-0.2, -0.15) is 0 Å². The smallest absolute Gasteiger partial charge is 0.221 e. The molecule has 0 atom stereocenters. The van der Waals surface area contributed by atoms with Crippen molar-refractivity contribution < 1.29 is 4.79 Å². The van der Waals surface area contributed by atoms with Crippen molar-refractivity contribution in [1.82, 2.24) is 9.55 Å². The summed E-state index contributed by atoms with van der Waals surface area (Å²) in [4.78, 5) is 15.2. The molecule has 0 fully saturated rings. The minimum absolute atomic E-state index is 0.0622. The lowest BCUT2D eigenvalue weighted by atomic mass is 10.2. The van der Waals surface area contributed by atoms with Gasteiger partial charge in [0.2, 0.25) is 5.91 Å². The molecule has 0 aliphatic heterocycles. The number of aryl methyl sites for hydroxylation is 1. The van der Waals surface area contributed by atoms with Crippen molar-refractivity contribution in [3.63, 3.8) is 0 Å². The first-order valence-electron chi connectivity index (χ1n) is 5.60. The van der Waals surface area contributed by atoms with Crippen LogP contribution in [0.4, 0.5) is 5.69 Å². The molecular formula is C13H15N3O. The van der Waals surface area contributed by atoms with E-state index >= 15 is 0 Å². The number of carbonyl (C=O) groups excluding carboxylic acids is 1. The average molecular weight is 229 g/mol. The zero-order valence-electron chi connectivity index (χ0n) is 9.97. The molecule has 2 aromatic rings. The van der Waals surface area contributed by atoms with Crippen LogP contribution in [0, 0.1) is 0 Å². The van der Waals surface area contributed by atoms with Gasteiger partial charge in [-0.15, -0.1) is 0 Å². The number of amides is 1. The van der Waals surface area contributed by atoms with Crippen LogP contribution in [0.5, 0.6) is 0 Å². The number of nitrogens with one attached hydrogen (secondary N) is 1. The van der Waals surface area contributed by atoms with Gasteiger partial charge in [-0.05, 0) is 31.2 Å². The second kappa shape index (κ2) is 4.82. The van der Waals surface area contributed by atoms with E-state index in [1.54, 1.807) is 6.20 Å². The molecule has 1 aromatic carbocycles. The average Bonchev–Trinajstić information content (AvgIpc) is 2.77. The van der Waals surface area contributed by atoms with Gasteiger partial charge < -0.3 is 9.88 Å². The maximum atomic E-state index is 10.9. The van der Waals surface area contributed by atoms with Crippen LogP contribution in [0.2, 0.25) is 0 Å². The number of nitrogens with zero attached hydrogens (tertiary/aromatic N) is 2. The number of hydrogen-bond acceptors (Lipinski definition) is 2. The molecule has 17 heavy (non-hydrogen) atoms. The molecule has 0 bridgehead atoms. The maximum Gasteiger partial charge on any atom is 0.221 e. The van der Waals surface area contributed by atoms with Gasteiger partial charge in [0.05, 0.1) is 0 Å². The van der Waals surface area contributed by atoms with Gasteiger partial charge in [-0.25, -0.2) is 4.98 Å². The third kappa shape index (κ3) is 2.53. The van der Waals surface area contributed by atoms with Gasteiger partial charge in [-0.3, -0.25) is 4.79 Å². The first-order chi connectivity index (χ1) is 8.20. The summed E-state index contributed by atoms with van der Waals surface area (Å²) in [6.45, 7) is 4.47. The molecule has 4 heteroatoms. The first kappa shape index (κ1) is 11.4. The van der Waals surface area contributed by atoms with Gasteiger partial charge in [0.25, 0.3) is 0 Å². The predicted molar refractivity (Wildman–Crippen MR) is 67.6 cm³/mol. The molecule has 2 rings (SSSR count). The van der Waals surface area contributed by atoms with E-state index in [9.17, 15) is 4.79 Å². The summed E-state index contributed by atoms with van der Waals surface area (Å²) in [5, 5.41) is 2.74. The highest BCUT2D eigenvalue weighted by Crippen LogP contribution is 2.19. The van der Waals surface area contributed by atoms with E-state index in [2.05, 4.69) is 21.8 Å². The number of anilines is 1. The van der Waals surface area contributed by atoms with Crippen molar-refractivity contribution in [3.8, 4) is 11.4 Å². The van der Waals surface area contributed by atoms with Crippen LogP contribution < -0.4 is 5.32 Å². The van der Waals surface area contributed by atoms with Gasteiger partial charge >= 0.3 is 0 Å². The lowest BCUT2D eigenvalue weighted by Gasteiger charge is -2.06. The van der Waals surface area contributed by atoms with Crippen molar-refractivity contribution in [3.05, 3.63) is 36.7 Å². The van der Waals surface area contributed by atoms with Crippen LogP contribution in [-0.2, 0) is 11.3 Å². The topological polar surface area (TPSA) is 46.9 Å². The fraction of sp³-hybridized carbons (Fsp3) is 0.231. The SMILES string of the molecule is CCn1ccnc1-c1ccc(NC(C)=O)cc1. The van der Waals surface area contributed by atoms with Gasteiger partial charge in [0, 0.05) is 37.1 Å². The Hall–Kier alpha value is -2.10. The van der Waals surface area contributed by atoms with Crippen molar-refractivity contribution in [2.75, 3.05) is 5.32 Å². The normalized spacial score (nSPS) is 10.2. The molecule has 1 heterocycles. The fourth-order valence-electron chi connectivity index (χ4n) is 1.73. The standard InChI is InChI=1S/C13H15N3O/c1-3-16-9-8-14-13(16)11-4-6-12(7-5-11)15-10(2)17/h4-9H,3H2,1-2H3,(H,15,17). The Bertz CT molecular complexity index is 514. The number of carbonyl (C=O) groups is 1. The van der Waals surface area contributed by atoms with E-state index in [4.69, 9.17) is 0 Å². The molecule has 0 aliphatic carbocycles. The summed E-state index contributed by atoms with van der Waals surface area (Å²) in [5.41, 5.74) is 1.85. The summed E-state index contributed by atoms with van der Waals surface area (Å²) in [5.74, 6) is 0.884. The Morgan fingerprint density at radius 2 is 2.06 bits per heavy atom. The molecule has 88 valence electrons. The lowest BCUT2D eigenvalue weighted by Crippen LogP contribution is -2.05. The van der Waals surface area contributed by atoms with Crippen LogP contribution in [0.3, 0.4) is 0 Å². The summed E-state index contributed by atoms with van der Waals surface area (Å²) < 4.78 is 2.08. The van der Waals surface area contributed by atoms with Crippen LogP contribution in [-0.4, -0.2) is 15.5 Å². The number of hydrogen-bond donors (Lipinski definition) is 1. The predicted octanol–water partition coefficient (Wildman–Crippen LogP) is 2.53. The minimum Gasteiger partial charge on any atom is -0.331 e. The van der Waals surface area contributed by atoms with E-state index in [0.717, 1.165) is 23.6 Å². The highest BCUT2D eigenvalue weighted by Gasteiger charge is 2.04. The van der Waals surface area contributed by atoms with E-state index in [1.807, 2.05) is 30.5 Å². The number of benzene rings is 1. The Kier molecular flexibility index (Phi) is 3.23. The summed E-state index contributed by atoms with van der Waals surface area (Å²) in [7, 11) is 0. The summed E-state index contributed by atoms with van der Waals surface area (Å²) in [6.07, 6.45) is 3.75. The van der Waals surface area contributed by atoms with Crippen molar-refractivity contribution in [2.24, 2.45) is 0 Å². The van der Waals surface area contributed by atoms with Crippen LogP contribution >= 0.6 is 0 Å². The largest absolute Gasteiger partial charge is 0.331 e. The van der Waals surface area contributed by atoms with E-state index in [-0.39, 0.29) is 5.91 Å². The molecule has 0 unspecified atom stereocenters. The zero-order valence-corrected chi connectivity index (χ0v) is 9.97. The van der Waals surface area contributed by atoms with Crippen molar-refractivity contribution in [1.29, 1.82) is 0 Å². The molecule has 0 aliphatic rings. The number of aromatic nitrogens is 2. The van der Waals surface area contributed by atoms with Crippen LogP contribution in [0.15, 0.2) is 36.7 Å². The van der Waals surface area contributed by atoms with Crippen LogP contribution in [0.25, 0.3) is 11.4 Å². The van der Waals surface area contributed by atoms with E-state index in [1.165, 1.54) is 6.92 Å². The van der Waals surface area contributed by atoms with Gasteiger partial charge in [0.15, 0.2) is 0 Å². The molecule has 1 aromatic heterocycles. The summed E-state index contributed by atoms with van der Waals surface area (Å²) in [6, 6.07) is 7.68. The van der Waals surface area contributed by atoms with Crippen LogP contribution in [0.1, 0.15) is 13.8 Å². The highest BCUT2D eigenvalue weighted by atomic mass is 16.1. The molecule has 0 saturated heterocycles. The minimum atomic E-state index is -0.0622. The van der Waals surface area contributed by atoms with Crippen molar-refractivity contribution >= 4 is 11.6 Å². The number of imidazole rings is 1. The Balaban J connectivity index is 2.26. The first-order valence-corrected chi connectivity index (χ1v) is 5.60. The Labute approximate surface area is 100 Å². The number of rotatable bonds is 3. The molecule has 1 N–H and O–H groups in total. The molecule has 0 radical (unpaired) electrons. The zero-order chi connectivity index (χ0) is 12.3. The second-order valence-corrected chi connectivity index (χ2v) is 3.80. The molecule has 0 saturated carbocycles. The molecule has 4 nitrogen and oxygen atoms in total. The molecule has 0 spiro atoms. The Morgan fingerprint density at radius 1 is 1.35 bits per heavy atom. The summed E-state index contributed by atoms with van der Waals surface area (Å²) >= 11 is 0. The fourth-order valence-corrected chi connectivity index (χ4v) is 1.73.